The van der Waals surface area contributed by atoms with Crippen molar-refractivity contribution in [2.45, 2.75) is 20.0 Å². The number of ether oxygens (including phenoxy) is 1. The predicted octanol–water partition coefficient (Wildman–Crippen LogP) is 6.46. The highest BCUT2D eigenvalue weighted by Gasteiger charge is 2.03. The van der Waals surface area contributed by atoms with Crippen LogP contribution in [0.1, 0.15) is 24.5 Å². The monoisotopic (exact) mass is 365 g/mol. The summed E-state index contributed by atoms with van der Waals surface area (Å²) in [6.45, 7) is 2.42. The Morgan fingerprint density at radius 2 is 1.62 bits per heavy atom. The molecule has 3 rings (SSSR count). The van der Waals surface area contributed by atoms with E-state index in [-0.39, 0.29) is 0 Å². The van der Waals surface area contributed by atoms with Gasteiger partial charge in [0.1, 0.15) is 18.1 Å². The Hall–Kier alpha value is -2.78. The van der Waals surface area contributed by atoms with Gasteiger partial charge in [0.15, 0.2) is 0 Å². The maximum atomic E-state index is 5.93. The molecule has 3 nitrogen and oxygen atoms in total. The van der Waals surface area contributed by atoms with Crippen molar-refractivity contribution in [1.82, 2.24) is 0 Å². The molecule has 0 aliphatic carbocycles. The molecule has 26 heavy (non-hydrogen) atoms. The lowest BCUT2D eigenvalue weighted by atomic mass is 10.1. The van der Waals surface area contributed by atoms with Crippen LogP contribution >= 0.6 is 11.6 Å². The quantitative estimate of drug-likeness (QED) is 0.355. The Morgan fingerprint density at radius 1 is 0.885 bits per heavy atom. The zero-order chi connectivity index (χ0) is 18.2. The van der Waals surface area contributed by atoms with Gasteiger partial charge in [-0.3, -0.25) is 0 Å². The van der Waals surface area contributed by atoms with Gasteiger partial charge in [0.05, 0.1) is 5.71 Å². The van der Waals surface area contributed by atoms with Gasteiger partial charge >= 0.3 is 0 Å². The maximum Gasteiger partial charge on any atom is 0.142 e. The molecular formula is C22H20ClNO2. The summed E-state index contributed by atoms with van der Waals surface area (Å²) in [6.07, 6.45) is 0.777. The van der Waals surface area contributed by atoms with E-state index in [9.17, 15) is 0 Å². The smallest absolute Gasteiger partial charge is 0.142 e. The first-order valence-corrected chi connectivity index (χ1v) is 8.89. The van der Waals surface area contributed by atoms with E-state index in [1.165, 1.54) is 0 Å². The molecule has 0 aliphatic heterocycles. The lowest BCUT2D eigenvalue weighted by molar-refractivity contribution is 0.130. The second kappa shape index (κ2) is 9.07. The number of halogens is 1. The van der Waals surface area contributed by atoms with Crippen LogP contribution in [-0.4, -0.2) is 5.71 Å². The van der Waals surface area contributed by atoms with Crippen molar-refractivity contribution in [2.24, 2.45) is 5.16 Å². The molecule has 0 amide bonds. The molecule has 0 radical (unpaired) electrons. The fourth-order valence-electron chi connectivity index (χ4n) is 2.47. The minimum atomic E-state index is 0.378. The Labute approximate surface area is 158 Å². The maximum absolute atomic E-state index is 5.93. The molecule has 132 valence electrons. The van der Waals surface area contributed by atoms with Gasteiger partial charge in [0.2, 0.25) is 0 Å². The van der Waals surface area contributed by atoms with Gasteiger partial charge < -0.3 is 9.57 Å². The molecule has 0 spiro atoms. The van der Waals surface area contributed by atoms with E-state index in [1.807, 2.05) is 85.8 Å². The lowest BCUT2D eigenvalue weighted by Gasteiger charge is -2.08. The van der Waals surface area contributed by atoms with Crippen LogP contribution in [0.3, 0.4) is 0 Å². The van der Waals surface area contributed by atoms with Crippen LogP contribution < -0.4 is 4.74 Å². The van der Waals surface area contributed by atoms with Crippen LogP contribution in [-0.2, 0) is 11.4 Å². The molecule has 0 saturated carbocycles. The molecule has 0 aliphatic rings. The second-order valence-electron chi connectivity index (χ2n) is 5.73. The fraction of sp³-hybridized carbons (Fsp3) is 0.136. The highest BCUT2D eigenvalue weighted by Crippen LogP contribution is 2.22. The van der Waals surface area contributed by atoms with Gasteiger partial charge in [-0.15, -0.1) is 0 Å². The Balaban J connectivity index is 1.63. The number of rotatable bonds is 7. The Morgan fingerprint density at radius 3 is 2.35 bits per heavy atom. The summed E-state index contributed by atoms with van der Waals surface area (Å²) in [5.74, 6) is 1.58. The van der Waals surface area contributed by atoms with Crippen LogP contribution in [0.15, 0.2) is 84.0 Å². The van der Waals surface area contributed by atoms with E-state index in [1.54, 1.807) is 0 Å². The van der Waals surface area contributed by atoms with Crippen molar-refractivity contribution in [3.63, 3.8) is 0 Å². The normalized spacial score (nSPS) is 11.2. The molecular weight excluding hydrogens is 346 g/mol. The van der Waals surface area contributed by atoms with E-state index in [0.717, 1.165) is 34.8 Å². The van der Waals surface area contributed by atoms with E-state index in [4.69, 9.17) is 21.2 Å². The summed E-state index contributed by atoms with van der Waals surface area (Å²) in [7, 11) is 0. The third-order valence-electron chi connectivity index (χ3n) is 3.80. The molecule has 0 aromatic heterocycles. The molecule has 0 atom stereocenters. The van der Waals surface area contributed by atoms with Gasteiger partial charge in [-0.1, -0.05) is 66.1 Å². The molecule has 0 unspecified atom stereocenters. The zero-order valence-electron chi connectivity index (χ0n) is 14.6. The molecule has 0 saturated heterocycles. The average Bonchev–Trinajstić information content (AvgIpc) is 2.67. The fourth-order valence-corrected chi connectivity index (χ4v) is 2.60. The van der Waals surface area contributed by atoms with Crippen molar-refractivity contribution in [2.75, 3.05) is 0 Å². The summed E-state index contributed by atoms with van der Waals surface area (Å²) >= 11 is 5.93. The lowest BCUT2D eigenvalue weighted by Crippen LogP contribution is -2.00. The van der Waals surface area contributed by atoms with Crippen molar-refractivity contribution in [3.8, 4) is 11.5 Å². The predicted molar refractivity (Wildman–Crippen MR) is 106 cm³/mol. The van der Waals surface area contributed by atoms with Gasteiger partial charge in [0.25, 0.3) is 0 Å². The Bertz CT molecular complexity index is 861. The first kappa shape index (κ1) is 18.0. The van der Waals surface area contributed by atoms with Crippen molar-refractivity contribution >= 4 is 17.3 Å². The summed E-state index contributed by atoms with van der Waals surface area (Å²) in [5.41, 5.74) is 2.89. The molecule has 0 N–H and O–H groups in total. The number of hydrogen-bond acceptors (Lipinski definition) is 3. The van der Waals surface area contributed by atoms with Gasteiger partial charge in [-0.25, -0.2) is 0 Å². The van der Waals surface area contributed by atoms with Crippen molar-refractivity contribution in [3.05, 3.63) is 95.0 Å². The topological polar surface area (TPSA) is 30.8 Å². The Kier molecular flexibility index (Phi) is 6.29. The average molecular weight is 366 g/mol. The number of nitrogens with zero attached hydrogens (tertiary/aromatic N) is 1. The van der Waals surface area contributed by atoms with E-state index in [2.05, 4.69) is 5.16 Å². The van der Waals surface area contributed by atoms with Crippen LogP contribution in [0.5, 0.6) is 11.5 Å². The van der Waals surface area contributed by atoms with Crippen molar-refractivity contribution < 1.29 is 9.57 Å². The first-order valence-electron chi connectivity index (χ1n) is 8.51. The number of benzene rings is 3. The van der Waals surface area contributed by atoms with E-state index < -0.39 is 0 Å². The van der Waals surface area contributed by atoms with Gasteiger partial charge in [0, 0.05) is 5.02 Å². The third-order valence-corrected chi connectivity index (χ3v) is 4.05. The summed E-state index contributed by atoms with van der Waals surface area (Å²) in [4.78, 5) is 5.56. The standard InChI is InChI=1S/C22H20ClNO2/c1-2-22(18-11-13-19(23)14-12-18)24-25-16-17-7-6-10-21(15-17)26-20-8-4-3-5-9-20/h3-15H,2,16H2,1H3. The van der Waals surface area contributed by atoms with Crippen molar-refractivity contribution in [1.29, 1.82) is 0 Å². The largest absolute Gasteiger partial charge is 0.457 e. The summed E-state index contributed by atoms with van der Waals surface area (Å²) in [5, 5.41) is 4.99. The number of hydrogen-bond donors (Lipinski definition) is 0. The number of para-hydroxylation sites is 1. The highest BCUT2D eigenvalue weighted by atomic mass is 35.5. The van der Waals surface area contributed by atoms with Crippen LogP contribution in [0, 0.1) is 0 Å². The van der Waals surface area contributed by atoms with Crippen LogP contribution in [0.2, 0.25) is 5.02 Å². The van der Waals surface area contributed by atoms with Crippen LogP contribution in [0.25, 0.3) is 0 Å². The highest BCUT2D eigenvalue weighted by molar-refractivity contribution is 6.30. The summed E-state index contributed by atoms with van der Waals surface area (Å²) in [6, 6.07) is 25.1. The second-order valence-corrected chi connectivity index (χ2v) is 6.17. The SMILES string of the molecule is CCC(=NOCc1cccc(Oc2ccccc2)c1)c1ccc(Cl)cc1. The molecule has 0 bridgehead atoms. The molecule has 3 aromatic rings. The molecule has 0 fully saturated rings. The van der Waals surface area contributed by atoms with Gasteiger partial charge in [-0.2, -0.15) is 0 Å². The minimum absolute atomic E-state index is 0.378. The molecule has 3 aromatic carbocycles. The van der Waals surface area contributed by atoms with Gasteiger partial charge in [-0.05, 0) is 53.9 Å². The molecule has 4 heteroatoms. The van der Waals surface area contributed by atoms with Crippen LogP contribution in [0.4, 0.5) is 0 Å². The van der Waals surface area contributed by atoms with E-state index in [0.29, 0.717) is 11.6 Å². The molecule has 0 heterocycles. The third kappa shape index (κ3) is 5.11. The summed E-state index contributed by atoms with van der Waals surface area (Å²) < 4.78 is 5.84. The first-order chi connectivity index (χ1) is 12.7. The zero-order valence-corrected chi connectivity index (χ0v) is 15.3. The van der Waals surface area contributed by atoms with E-state index >= 15 is 0 Å². The minimum Gasteiger partial charge on any atom is -0.457 e. The number of oxime groups is 1.